The van der Waals surface area contributed by atoms with Gasteiger partial charge in [-0.15, -0.1) is 0 Å². The molecule has 10 rings (SSSR count). The number of benzene rings is 8. The van der Waals surface area contributed by atoms with Gasteiger partial charge in [0.25, 0.3) is 0 Å². The van der Waals surface area contributed by atoms with Gasteiger partial charge in [0.1, 0.15) is 18.2 Å². The van der Waals surface area contributed by atoms with E-state index in [1.54, 1.807) is 0 Å². The predicted molar refractivity (Wildman–Crippen MR) is 223 cm³/mol. The summed E-state index contributed by atoms with van der Waals surface area (Å²) in [5, 5.41) is 4.45. The Bertz CT molecular complexity index is 2830. The number of hydrogen-bond donors (Lipinski definition) is 1. The quantitative estimate of drug-likeness (QED) is 0.131. The Balaban J connectivity index is 0.977. The van der Waals surface area contributed by atoms with E-state index in [4.69, 9.17) is 15.7 Å². The number of hydrogen-bond acceptors (Lipinski definition) is 2. The lowest BCUT2D eigenvalue weighted by Crippen LogP contribution is -2.46. The standard InChI is InChI=1S/C49H37N5/c50-48(42-23-11-19-35-13-7-9-21-40(35)42)52-49(43-24-12-20-36-14-8-10-22-41(36)43)51-32-33-25-27-34(28-26-33)39-29-30-44-45(31-39)54-47(38-17-5-2-6-18-38)46(53(44)54)37-15-3-1-4-16-37/h1-32,46-48H,50H2/b51-32+,52-49-. The fourth-order valence-electron chi connectivity index (χ4n) is 8.18. The minimum absolute atomic E-state index is 0.251. The molecule has 0 radical (unpaired) electrons. The molecule has 2 N–H and O–H groups in total. The third-order valence-electron chi connectivity index (χ3n) is 10.8. The van der Waals surface area contributed by atoms with E-state index in [9.17, 15) is 0 Å². The molecule has 1 aromatic heterocycles. The van der Waals surface area contributed by atoms with Gasteiger partial charge in [0.05, 0.1) is 11.0 Å². The first-order valence-electron chi connectivity index (χ1n) is 18.5. The van der Waals surface area contributed by atoms with Crippen LogP contribution in [0.15, 0.2) is 198 Å². The molecule has 3 unspecified atom stereocenters. The molecule has 0 spiro atoms. The Kier molecular flexibility index (Phi) is 7.85. The van der Waals surface area contributed by atoms with Crippen LogP contribution in [0.1, 0.15) is 46.1 Å². The van der Waals surface area contributed by atoms with Gasteiger partial charge in [-0.05, 0) is 67.1 Å². The zero-order valence-electron chi connectivity index (χ0n) is 29.6. The van der Waals surface area contributed by atoms with Crippen molar-refractivity contribution in [3.8, 4) is 11.1 Å². The summed E-state index contributed by atoms with van der Waals surface area (Å²) in [6.45, 7) is 0. The fourth-order valence-corrected chi connectivity index (χ4v) is 8.18. The molecule has 5 heteroatoms. The second-order valence-electron chi connectivity index (χ2n) is 14.0. The van der Waals surface area contributed by atoms with E-state index in [2.05, 4.69) is 179 Å². The zero-order valence-corrected chi connectivity index (χ0v) is 29.6. The minimum atomic E-state index is -0.591. The second-order valence-corrected chi connectivity index (χ2v) is 14.0. The Morgan fingerprint density at radius 1 is 0.519 bits per heavy atom. The van der Waals surface area contributed by atoms with Crippen LogP contribution in [0.25, 0.3) is 43.7 Å². The highest BCUT2D eigenvalue weighted by molar-refractivity contribution is 6.13. The lowest BCUT2D eigenvalue weighted by Gasteiger charge is -2.50. The minimum Gasteiger partial charge on any atom is -0.306 e. The maximum absolute atomic E-state index is 6.86. The van der Waals surface area contributed by atoms with Crippen LogP contribution in [0.5, 0.6) is 0 Å². The molecule has 2 heterocycles. The molecule has 3 atom stereocenters. The molecular weight excluding hydrogens is 659 g/mol. The van der Waals surface area contributed by atoms with E-state index in [-0.39, 0.29) is 12.1 Å². The predicted octanol–water partition coefficient (Wildman–Crippen LogP) is 11.1. The van der Waals surface area contributed by atoms with Gasteiger partial charge in [0, 0.05) is 11.8 Å². The maximum atomic E-state index is 6.86. The first kappa shape index (κ1) is 31.9. The van der Waals surface area contributed by atoms with Crippen molar-refractivity contribution < 1.29 is 0 Å². The van der Waals surface area contributed by atoms with Gasteiger partial charge in [0.2, 0.25) is 0 Å². The molecule has 0 saturated heterocycles. The highest BCUT2D eigenvalue weighted by atomic mass is 15.5. The van der Waals surface area contributed by atoms with Crippen LogP contribution in [0.3, 0.4) is 0 Å². The largest absolute Gasteiger partial charge is 0.306 e. The maximum Gasteiger partial charge on any atom is 0.157 e. The first-order valence-corrected chi connectivity index (χ1v) is 18.5. The Labute approximate surface area is 314 Å². The zero-order chi connectivity index (χ0) is 36.0. The van der Waals surface area contributed by atoms with Crippen molar-refractivity contribution in [1.82, 2.24) is 9.36 Å². The molecule has 5 nitrogen and oxygen atoms in total. The van der Waals surface area contributed by atoms with Crippen LogP contribution in [0, 0.1) is 0 Å². The molecular formula is C49H37N5. The van der Waals surface area contributed by atoms with E-state index in [0.717, 1.165) is 43.8 Å². The van der Waals surface area contributed by atoms with E-state index >= 15 is 0 Å². The van der Waals surface area contributed by atoms with Crippen molar-refractivity contribution in [2.45, 2.75) is 18.2 Å². The summed E-state index contributed by atoms with van der Waals surface area (Å²) in [5.74, 6) is 0.597. The van der Waals surface area contributed by atoms with Gasteiger partial charge in [-0.2, -0.15) is 0 Å². The number of fused-ring (bicyclic) bond motifs is 6. The molecule has 0 aliphatic carbocycles. The first-order chi connectivity index (χ1) is 26.7. The molecule has 0 fully saturated rings. The van der Waals surface area contributed by atoms with E-state index < -0.39 is 6.17 Å². The number of nitrogens with zero attached hydrogens (tertiary/aromatic N) is 4. The van der Waals surface area contributed by atoms with Gasteiger partial charge in [-0.1, -0.05) is 176 Å². The number of aromatic nitrogens is 2. The van der Waals surface area contributed by atoms with E-state index in [1.807, 2.05) is 24.4 Å². The summed E-state index contributed by atoms with van der Waals surface area (Å²) in [6.07, 6.45) is 1.30. The number of nitrogens with two attached hydrogens (primary N) is 1. The van der Waals surface area contributed by atoms with E-state index in [1.165, 1.54) is 27.7 Å². The average molecular weight is 696 g/mol. The van der Waals surface area contributed by atoms with Crippen molar-refractivity contribution in [2.24, 2.45) is 15.7 Å². The summed E-state index contributed by atoms with van der Waals surface area (Å²) in [4.78, 5) is 10.1. The summed E-state index contributed by atoms with van der Waals surface area (Å²) < 4.78 is 4.89. The summed E-state index contributed by atoms with van der Waals surface area (Å²) in [5.41, 5.74) is 17.3. The van der Waals surface area contributed by atoms with Crippen molar-refractivity contribution in [3.63, 3.8) is 0 Å². The van der Waals surface area contributed by atoms with Crippen molar-refractivity contribution >= 4 is 44.6 Å². The van der Waals surface area contributed by atoms with Crippen LogP contribution in [-0.4, -0.2) is 21.4 Å². The summed E-state index contributed by atoms with van der Waals surface area (Å²) in [6, 6.07) is 66.7. The Morgan fingerprint density at radius 3 is 1.78 bits per heavy atom. The monoisotopic (exact) mass is 695 g/mol. The Hall–Kier alpha value is -6.82. The van der Waals surface area contributed by atoms with Gasteiger partial charge < -0.3 is 5.73 Å². The van der Waals surface area contributed by atoms with Crippen LogP contribution in [0.4, 0.5) is 0 Å². The third kappa shape index (κ3) is 5.45. The van der Waals surface area contributed by atoms with Gasteiger partial charge in [-0.25, -0.2) is 9.98 Å². The van der Waals surface area contributed by atoms with E-state index in [0.29, 0.717) is 5.84 Å². The molecule has 0 saturated carbocycles. The third-order valence-corrected chi connectivity index (χ3v) is 10.8. The fraction of sp³-hybridized carbons (Fsp3) is 0.0612. The second kappa shape index (κ2) is 13.3. The normalized spacial score (nSPS) is 16.2. The topological polar surface area (TPSA) is 60.6 Å². The molecule has 9 aromatic rings. The molecule has 54 heavy (non-hydrogen) atoms. The highest BCUT2D eigenvalue weighted by Gasteiger charge is 2.43. The van der Waals surface area contributed by atoms with Crippen molar-refractivity contribution in [1.29, 1.82) is 0 Å². The molecule has 8 aromatic carbocycles. The van der Waals surface area contributed by atoms with Crippen molar-refractivity contribution in [3.05, 3.63) is 216 Å². The molecule has 0 bridgehead atoms. The lowest BCUT2D eigenvalue weighted by molar-refractivity contribution is 0.202. The van der Waals surface area contributed by atoms with Crippen LogP contribution < -0.4 is 5.73 Å². The highest BCUT2D eigenvalue weighted by Crippen LogP contribution is 2.50. The Morgan fingerprint density at radius 2 is 1.07 bits per heavy atom. The molecule has 1 aliphatic rings. The van der Waals surface area contributed by atoms with Crippen LogP contribution in [-0.2, 0) is 0 Å². The summed E-state index contributed by atoms with van der Waals surface area (Å²) >= 11 is 0. The molecule has 1 aliphatic heterocycles. The van der Waals surface area contributed by atoms with Gasteiger partial charge in [0.15, 0.2) is 5.84 Å². The SMILES string of the molecule is NC(/N=C(\N=C\c1ccc(-c2ccc3c(c2)n2n3C(c3ccccc3)C2c2ccccc2)cc1)c1cccc2ccccc12)c1cccc2ccccc12. The van der Waals surface area contributed by atoms with Gasteiger partial charge in [-0.3, -0.25) is 9.36 Å². The van der Waals surface area contributed by atoms with Crippen LogP contribution >= 0.6 is 0 Å². The average Bonchev–Trinajstić information content (AvgIpc) is 3.22. The van der Waals surface area contributed by atoms with Gasteiger partial charge >= 0.3 is 0 Å². The lowest BCUT2D eigenvalue weighted by atomic mass is 9.88. The number of aliphatic imine (C=N–C) groups is 2. The molecule has 0 amide bonds. The van der Waals surface area contributed by atoms with Crippen LogP contribution in [0.2, 0.25) is 0 Å². The number of rotatable bonds is 7. The molecule has 258 valence electrons. The number of amidine groups is 1. The van der Waals surface area contributed by atoms with Crippen molar-refractivity contribution in [2.75, 3.05) is 0 Å². The summed E-state index contributed by atoms with van der Waals surface area (Å²) in [7, 11) is 0. The smallest absolute Gasteiger partial charge is 0.157 e.